The minimum Gasteiger partial charge on any atom is -0.444 e. The molecule has 4 nitrogen and oxygen atoms in total. The molecule has 1 aliphatic carbocycles. The number of hydrogen-bond donors (Lipinski definition) is 2. The second-order valence-electron chi connectivity index (χ2n) is 5.54. The van der Waals surface area contributed by atoms with E-state index in [4.69, 9.17) is 10.5 Å². The van der Waals surface area contributed by atoms with E-state index in [1.807, 2.05) is 27.7 Å². The number of alkyl carbamates (subject to hydrolysis) is 1. The molecule has 0 unspecified atom stereocenters. The van der Waals surface area contributed by atoms with Gasteiger partial charge in [-0.25, -0.2) is 4.79 Å². The smallest absolute Gasteiger partial charge is 0.408 e. The SMILES string of the molecule is CC(C)(C)OC(=O)N[C@@]1(C)CCC[C@@H]1N. The highest BCUT2D eigenvalue weighted by Gasteiger charge is 2.38. The Labute approximate surface area is 91.5 Å². The van der Waals surface area contributed by atoms with Crippen molar-refractivity contribution in [2.45, 2.75) is 64.1 Å². The Hall–Kier alpha value is -0.770. The predicted octanol–water partition coefficient (Wildman–Crippen LogP) is 1.78. The molecule has 3 N–H and O–H groups in total. The lowest BCUT2D eigenvalue weighted by Gasteiger charge is -2.31. The molecule has 0 aromatic rings. The lowest BCUT2D eigenvalue weighted by molar-refractivity contribution is 0.0457. The maximum atomic E-state index is 11.6. The molecule has 1 amide bonds. The quantitative estimate of drug-likeness (QED) is 0.699. The van der Waals surface area contributed by atoms with Crippen LogP contribution in [-0.2, 0) is 4.74 Å². The van der Waals surface area contributed by atoms with Gasteiger partial charge in [0.1, 0.15) is 5.60 Å². The maximum Gasteiger partial charge on any atom is 0.408 e. The summed E-state index contributed by atoms with van der Waals surface area (Å²) in [6.45, 7) is 7.53. The van der Waals surface area contributed by atoms with Gasteiger partial charge in [-0.15, -0.1) is 0 Å². The van der Waals surface area contributed by atoms with Crippen molar-refractivity contribution < 1.29 is 9.53 Å². The molecule has 4 heteroatoms. The molecule has 0 bridgehead atoms. The van der Waals surface area contributed by atoms with E-state index >= 15 is 0 Å². The summed E-state index contributed by atoms with van der Waals surface area (Å²) in [6, 6.07) is 0.0324. The van der Waals surface area contributed by atoms with E-state index in [1.165, 1.54) is 0 Å². The topological polar surface area (TPSA) is 64.3 Å². The summed E-state index contributed by atoms with van der Waals surface area (Å²) in [5, 5.41) is 2.88. The molecule has 0 saturated heterocycles. The highest BCUT2D eigenvalue weighted by atomic mass is 16.6. The number of nitrogens with one attached hydrogen (secondary N) is 1. The summed E-state index contributed by atoms with van der Waals surface area (Å²) in [6.07, 6.45) is 2.58. The fraction of sp³-hybridized carbons (Fsp3) is 0.909. The Bertz CT molecular complexity index is 247. The van der Waals surface area contributed by atoms with Crippen LogP contribution in [0.4, 0.5) is 4.79 Å². The molecule has 1 rings (SSSR count). The van der Waals surface area contributed by atoms with E-state index in [0.29, 0.717) is 0 Å². The van der Waals surface area contributed by atoms with Crippen molar-refractivity contribution in [3.63, 3.8) is 0 Å². The molecule has 0 spiro atoms. The summed E-state index contributed by atoms with van der Waals surface area (Å²) < 4.78 is 5.21. The zero-order valence-corrected chi connectivity index (χ0v) is 10.1. The summed E-state index contributed by atoms with van der Waals surface area (Å²) in [7, 11) is 0. The van der Waals surface area contributed by atoms with Gasteiger partial charge in [-0.3, -0.25) is 0 Å². The number of hydrogen-bond acceptors (Lipinski definition) is 3. The van der Waals surface area contributed by atoms with Gasteiger partial charge in [-0.2, -0.15) is 0 Å². The Balaban J connectivity index is 2.51. The van der Waals surface area contributed by atoms with Crippen LogP contribution < -0.4 is 11.1 Å². The summed E-state index contributed by atoms with van der Waals surface area (Å²) >= 11 is 0. The van der Waals surface area contributed by atoms with Crippen molar-refractivity contribution in [1.82, 2.24) is 5.32 Å². The molecule has 0 heterocycles. The van der Waals surface area contributed by atoms with E-state index in [2.05, 4.69) is 5.32 Å². The molecule has 2 atom stereocenters. The Morgan fingerprint density at radius 3 is 2.53 bits per heavy atom. The first-order valence-corrected chi connectivity index (χ1v) is 5.50. The van der Waals surface area contributed by atoms with Crippen molar-refractivity contribution in [3.05, 3.63) is 0 Å². The molecule has 88 valence electrons. The van der Waals surface area contributed by atoms with Gasteiger partial charge in [0.2, 0.25) is 0 Å². The van der Waals surface area contributed by atoms with E-state index in [1.54, 1.807) is 0 Å². The average Bonchev–Trinajstić information content (AvgIpc) is 2.27. The van der Waals surface area contributed by atoms with E-state index < -0.39 is 5.60 Å². The van der Waals surface area contributed by atoms with E-state index in [0.717, 1.165) is 19.3 Å². The second kappa shape index (κ2) is 4.00. The van der Waals surface area contributed by atoms with E-state index in [-0.39, 0.29) is 17.7 Å². The zero-order chi connectivity index (χ0) is 11.7. The third kappa shape index (κ3) is 3.38. The Morgan fingerprint density at radius 1 is 1.53 bits per heavy atom. The highest BCUT2D eigenvalue weighted by Crippen LogP contribution is 2.28. The lowest BCUT2D eigenvalue weighted by atomic mass is 9.97. The number of nitrogens with two attached hydrogens (primary N) is 1. The molecule has 1 aliphatic rings. The first-order valence-electron chi connectivity index (χ1n) is 5.50. The third-order valence-corrected chi connectivity index (χ3v) is 2.82. The van der Waals surface area contributed by atoms with Gasteiger partial charge in [0.25, 0.3) is 0 Å². The Morgan fingerprint density at radius 2 is 2.13 bits per heavy atom. The van der Waals surface area contributed by atoms with Crippen molar-refractivity contribution in [3.8, 4) is 0 Å². The molecule has 1 saturated carbocycles. The van der Waals surface area contributed by atoms with Crippen LogP contribution in [0.3, 0.4) is 0 Å². The van der Waals surface area contributed by atoms with Crippen molar-refractivity contribution in [1.29, 1.82) is 0 Å². The molecule has 0 radical (unpaired) electrons. The van der Waals surface area contributed by atoms with Crippen molar-refractivity contribution >= 4 is 6.09 Å². The Kier molecular flexibility index (Phi) is 3.28. The maximum absolute atomic E-state index is 11.6. The van der Waals surface area contributed by atoms with Gasteiger partial charge in [-0.1, -0.05) is 0 Å². The van der Waals surface area contributed by atoms with Crippen LogP contribution >= 0.6 is 0 Å². The molecule has 15 heavy (non-hydrogen) atoms. The highest BCUT2D eigenvalue weighted by molar-refractivity contribution is 5.69. The first-order chi connectivity index (χ1) is 6.73. The fourth-order valence-electron chi connectivity index (χ4n) is 1.89. The number of amides is 1. The molecule has 1 fully saturated rings. The lowest BCUT2D eigenvalue weighted by Crippen LogP contribution is -2.55. The second-order valence-corrected chi connectivity index (χ2v) is 5.54. The normalized spacial score (nSPS) is 31.4. The van der Waals surface area contributed by atoms with Gasteiger partial charge in [0.05, 0.1) is 5.54 Å². The number of rotatable bonds is 1. The molecule has 0 aliphatic heterocycles. The van der Waals surface area contributed by atoms with Gasteiger partial charge in [0.15, 0.2) is 0 Å². The average molecular weight is 214 g/mol. The molecule has 0 aromatic carbocycles. The summed E-state index contributed by atoms with van der Waals surface area (Å²) in [5.74, 6) is 0. The van der Waals surface area contributed by atoms with Crippen LogP contribution in [-0.4, -0.2) is 23.3 Å². The summed E-state index contributed by atoms with van der Waals surface area (Å²) in [4.78, 5) is 11.6. The molecular weight excluding hydrogens is 192 g/mol. The standard InChI is InChI=1S/C11H22N2O2/c1-10(2,3)15-9(14)13-11(4)7-5-6-8(11)12/h8H,5-7,12H2,1-4H3,(H,13,14)/t8-,11-/m0/s1. The predicted molar refractivity (Wildman–Crippen MR) is 59.6 cm³/mol. The van der Waals surface area contributed by atoms with Gasteiger partial charge in [-0.05, 0) is 47.0 Å². The summed E-state index contributed by atoms with van der Waals surface area (Å²) in [5.41, 5.74) is 5.20. The van der Waals surface area contributed by atoms with Crippen LogP contribution in [0.25, 0.3) is 0 Å². The van der Waals surface area contributed by atoms with Crippen LogP contribution in [0, 0.1) is 0 Å². The fourth-order valence-corrected chi connectivity index (χ4v) is 1.89. The molecular formula is C11H22N2O2. The number of ether oxygens (including phenoxy) is 1. The minimum absolute atomic E-state index is 0.0324. The largest absolute Gasteiger partial charge is 0.444 e. The third-order valence-electron chi connectivity index (χ3n) is 2.82. The van der Waals surface area contributed by atoms with E-state index in [9.17, 15) is 4.79 Å². The van der Waals surface area contributed by atoms with Crippen LogP contribution in [0.1, 0.15) is 47.0 Å². The van der Waals surface area contributed by atoms with Gasteiger partial charge in [0, 0.05) is 6.04 Å². The zero-order valence-electron chi connectivity index (χ0n) is 10.1. The van der Waals surface area contributed by atoms with Crippen molar-refractivity contribution in [2.75, 3.05) is 0 Å². The van der Waals surface area contributed by atoms with Crippen LogP contribution in [0.2, 0.25) is 0 Å². The molecule has 0 aromatic heterocycles. The first kappa shape index (κ1) is 12.3. The monoisotopic (exact) mass is 214 g/mol. The minimum atomic E-state index is -0.455. The number of carbonyl (C=O) groups is 1. The van der Waals surface area contributed by atoms with Crippen molar-refractivity contribution in [2.24, 2.45) is 5.73 Å². The number of carbonyl (C=O) groups excluding carboxylic acids is 1. The van der Waals surface area contributed by atoms with Crippen LogP contribution in [0.5, 0.6) is 0 Å². The van der Waals surface area contributed by atoms with Crippen LogP contribution in [0.15, 0.2) is 0 Å². The van der Waals surface area contributed by atoms with Gasteiger partial charge >= 0.3 is 6.09 Å². The van der Waals surface area contributed by atoms with Gasteiger partial charge < -0.3 is 15.8 Å².